The average Bonchev–Trinajstić information content (AvgIpc) is 2.61. The molecule has 1 amide bonds. The summed E-state index contributed by atoms with van der Waals surface area (Å²) in [6.45, 7) is 7.61. The van der Waals surface area contributed by atoms with Gasteiger partial charge < -0.3 is 10.2 Å². The lowest BCUT2D eigenvalue weighted by molar-refractivity contribution is -0.136. The number of amides is 1. The molecular weight excluding hydrogens is 308 g/mol. The lowest BCUT2D eigenvalue weighted by Gasteiger charge is -2.37. The number of nitrogens with zero attached hydrogens (tertiary/aromatic N) is 1. The van der Waals surface area contributed by atoms with E-state index in [9.17, 15) is 4.79 Å². The fraction of sp³-hybridized carbons (Fsp3) is 0.682. The van der Waals surface area contributed by atoms with Crippen molar-refractivity contribution in [1.29, 1.82) is 0 Å². The SMILES string of the molecule is CC(CC(=O)N(CC1CCC1)C(C)c1ccccc1)C1CCCNC1. The first-order valence-corrected chi connectivity index (χ1v) is 10.2. The van der Waals surface area contributed by atoms with E-state index in [1.807, 2.05) is 6.07 Å². The van der Waals surface area contributed by atoms with E-state index in [1.165, 1.54) is 37.7 Å². The van der Waals surface area contributed by atoms with Gasteiger partial charge in [-0.2, -0.15) is 0 Å². The van der Waals surface area contributed by atoms with E-state index in [4.69, 9.17) is 0 Å². The van der Waals surface area contributed by atoms with Crippen LogP contribution in [0.3, 0.4) is 0 Å². The molecule has 2 aliphatic rings. The molecule has 0 aromatic heterocycles. The summed E-state index contributed by atoms with van der Waals surface area (Å²) in [6, 6.07) is 10.7. The minimum atomic E-state index is 0.172. The van der Waals surface area contributed by atoms with E-state index in [1.54, 1.807) is 0 Å². The van der Waals surface area contributed by atoms with Crippen molar-refractivity contribution in [2.45, 2.75) is 58.4 Å². The molecule has 2 fully saturated rings. The monoisotopic (exact) mass is 342 g/mol. The molecule has 1 heterocycles. The Morgan fingerprint density at radius 1 is 1.16 bits per heavy atom. The number of carbonyl (C=O) groups excluding carboxylic acids is 1. The number of nitrogens with one attached hydrogen (secondary N) is 1. The summed E-state index contributed by atoms with van der Waals surface area (Å²) in [4.78, 5) is 15.4. The minimum absolute atomic E-state index is 0.172. The van der Waals surface area contributed by atoms with Crippen LogP contribution in [-0.2, 0) is 4.79 Å². The van der Waals surface area contributed by atoms with Crippen LogP contribution in [0.15, 0.2) is 30.3 Å². The topological polar surface area (TPSA) is 32.3 Å². The molecule has 3 unspecified atom stereocenters. The van der Waals surface area contributed by atoms with E-state index in [2.05, 4.69) is 48.3 Å². The Morgan fingerprint density at radius 3 is 2.52 bits per heavy atom. The van der Waals surface area contributed by atoms with E-state index in [0.29, 0.717) is 30.1 Å². The van der Waals surface area contributed by atoms with Crippen molar-refractivity contribution in [1.82, 2.24) is 10.2 Å². The van der Waals surface area contributed by atoms with Crippen LogP contribution in [0, 0.1) is 17.8 Å². The lowest BCUT2D eigenvalue weighted by atomic mass is 9.83. The van der Waals surface area contributed by atoms with E-state index in [-0.39, 0.29) is 6.04 Å². The summed E-state index contributed by atoms with van der Waals surface area (Å²) in [5.74, 6) is 2.17. The molecule has 1 aliphatic carbocycles. The number of rotatable bonds is 7. The molecule has 3 rings (SSSR count). The van der Waals surface area contributed by atoms with Gasteiger partial charge in [-0.1, -0.05) is 43.7 Å². The van der Waals surface area contributed by atoms with Gasteiger partial charge in [0.05, 0.1) is 6.04 Å². The maximum Gasteiger partial charge on any atom is 0.223 e. The summed E-state index contributed by atoms with van der Waals surface area (Å²) < 4.78 is 0. The molecule has 3 heteroatoms. The molecule has 0 spiro atoms. The van der Waals surface area contributed by atoms with E-state index >= 15 is 0 Å². The molecule has 1 aromatic rings. The fourth-order valence-corrected chi connectivity index (χ4v) is 4.26. The van der Waals surface area contributed by atoms with Gasteiger partial charge in [0.15, 0.2) is 0 Å². The van der Waals surface area contributed by atoms with E-state index in [0.717, 1.165) is 19.6 Å². The summed E-state index contributed by atoms with van der Waals surface area (Å²) in [5.41, 5.74) is 1.25. The number of piperidine rings is 1. The second-order valence-corrected chi connectivity index (χ2v) is 8.22. The van der Waals surface area contributed by atoms with Crippen molar-refractivity contribution in [2.75, 3.05) is 19.6 Å². The molecule has 0 radical (unpaired) electrons. The van der Waals surface area contributed by atoms with E-state index < -0.39 is 0 Å². The van der Waals surface area contributed by atoms with Gasteiger partial charge in [0.2, 0.25) is 5.91 Å². The molecule has 0 bridgehead atoms. The van der Waals surface area contributed by atoms with Gasteiger partial charge in [-0.25, -0.2) is 0 Å². The number of benzene rings is 1. The highest BCUT2D eigenvalue weighted by Gasteiger charge is 2.30. The lowest BCUT2D eigenvalue weighted by Crippen LogP contribution is -2.41. The van der Waals surface area contributed by atoms with Gasteiger partial charge in [-0.3, -0.25) is 4.79 Å². The molecule has 1 aromatic carbocycles. The van der Waals surface area contributed by atoms with Crippen molar-refractivity contribution in [3.8, 4) is 0 Å². The molecule has 1 saturated carbocycles. The van der Waals surface area contributed by atoms with Crippen molar-refractivity contribution < 1.29 is 4.79 Å². The summed E-state index contributed by atoms with van der Waals surface area (Å²) in [7, 11) is 0. The standard InChI is InChI=1S/C22H34N2O/c1-17(21-12-7-13-23-15-21)14-22(25)24(16-19-8-6-9-19)18(2)20-10-4-3-5-11-20/h3-5,10-11,17-19,21,23H,6-9,12-16H2,1-2H3. The maximum absolute atomic E-state index is 13.2. The fourth-order valence-electron chi connectivity index (χ4n) is 4.26. The van der Waals surface area contributed by atoms with Gasteiger partial charge in [-0.15, -0.1) is 0 Å². The van der Waals surface area contributed by atoms with Crippen LogP contribution in [0.1, 0.15) is 64.0 Å². The van der Waals surface area contributed by atoms with Crippen LogP contribution in [0.25, 0.3) is 0 Å². The van der Waals surface area contributed by atoms with Crippen LogP contribution < -0.4 is 5.32 Å². The van der Waals surface area contributed by atoms with Gasteiger partial charge in [-0.05, 0) is 69.0 Å². The number of carbonyl (C=O) groups is 1. The van der Waals surface area contributed by atoms with Crippen LogP contribution in [0.2, 0.25) is 0 Å². The zero-order valence-electron chi connectivity index (χ0n) is 15.9. The predicted octanol–water partition coefficient (Wildman–Crippen LogP) is 4.40. The highest BCUT2D eigenvalue weighted by Crippen LogP contribution is 2.32. The molecular formula is C22H34N2O. The first-order valence-electron chi connectivity index (χ1n) is 10.2. The van der Waals surface area contributed by atoms with Crippen molar-refractivity contribution in [2.24, 2.45) is 17.8 Å². The van der Waals surface area contributed by atoms with Gasteiger partial charge >= 0.3 is 0 Å². The molecule has 138 valence electrons. The third kappa shape index (κ3) is 4.84. The van der Waals surface area contributed by atoms with Crippen molar-refractivity contribution >= 4 is 5.91 Å². The Morgan fingerprint density at radius 2 is 1.92 bits per heavy atom. The zero-order valence-corrected chi connectivity index (χ0v) is 15.9. The second-order valence-electron chi connectivity index (χ2n) is 8.22. The Hall–Kier alpha value is -1.35. The summed E-state index contributed by atoms with van der Waals surface area (Å²) >= 11 is 0. The van der Waals surface area contributed by atoms with Crippen molar-refractivity contribution in [3.05, 3.63) is 35.9 Å². The highest BCUT2D eigenvalue weighted by atomic mass is 16.2. The Bertz CT molecular complexity index is 534. The molecule has 1 saturated heterocycles. The normalized spacial score (nSPS) is 23.5. The average molecular weight is 343 g/mol. The quantitative estimate of drug-likeness (QED) is 0.796. The number of hydrogen-bond acceptors (Lipinski definition) is 2. The largest absolute Gasteiger partial charge is 0.336 e. The third-order valence-electron chi connectivity index (χ3n) is 6.39. The first kappa shape index (κ1) is 18.4. The summed E-state index contributed by atoms with van der Waals surface area (Å²) in [6.07, 6.45) is 7.10. The van der Waals surface area contributed by atoms with Crippen LogP contribution in [0.4, 0.5) is 0 Å². The Labute approximate surface area is 153 Å². The van der Waals surface area contributed by atoms with Gasteiger partial charge in [0.25, 0.3) is 0 Å². The second kappa shape index (κ2) is 8.84. The zero-order chi connectivity index (χ0) is 17.6. The van der Waals surface area contributed by atoms with Crippen LogP contribution >= 0.6 is 0 Å². The predicted molar refractivity (Wildman–Crippen MR) is 103 cm³/mol. The molecule has 1 N–H and O–H groups in total. The number of hydrogen-bond donors (Lipinski definition) is 1. The minimum Gasteiger partial charge on any atom is -0.336 e. The van der Waals surface area contributed by atoms with Crippen LogP contribution in [0.5, 0.6) is 0 Å². The van der Waals surface area contributed by atoms with Crippen molar-refractivity contribution in [3.63, 3.8) is 0 Å². The maximum atomic E-state index is 13.2. The van der Waals surface area contributed by atoms with Gasteiger partial charge in [0.1, 0.15) is 0 Å². The van der Waals surface area contributed by atoms with Gasteiger partial charge in [0, 0.05) is 13.0 Å². The molecule has 25 heavy (non-hydrogen) atoms. The summed E-state index contributed by atoms with van der Waals surface area (Å²) in [5, 5.41) is 3.49. The molecule has 1 aliphatic heterocycles. The smallest absolute Gasteiger partial charge is 0.223 e. The molecule has 3 nitrogen and oxygen atoms in total. The first-order chi connectivity index (χ1) is 12.1. The Kier molecular flexibility index (Phi) is 6.52. The van der Waals surface area contributed by atoms with Crippen LogP contribution in [-0.4, -0.2) is 30.4 Å². The molecule has 3 atom stereocenters. The Balaban J connectivity index is 1.65. The highest BCUT2D eigenvalue weighted by molar-refractivity contribution is 5.77. The third-order valence-corrected chi connectivity index (χ3v) is 6.39.